The lowest BCUT2D eigenvalue weighted by Gasteiger charge is -2.11. The predicted molar refractivity (Wildman–Crippen MR) is 63.6 cm³/mol. The Morgan fingerprint density at radius 2 is 2.31 bits per heavy atom. The molecule has 1 unspecified atom stereocenters. The van der Waals surface area contributed by atoms with E-state index in [0.29, 0.717) is 5.70 Å². The Kier molecular flexibility index (Phi) is 6.58. The second-order valence-electron chi connectivity index (χ2n) is 3.36. The summed E-state index contributed by atoms with van der Waals surface area (Å²) in [6, 6.07) is -0.0950. The zero-order valence-electron chi connectivity index (χ0n) is 9.56. The second kappa shape index (κ2) is 7.44. The highest BCUT2D eigenvalue weighted by Gasteiger charge is 2.03. The van der Waals surface area contributed by atoms with Crippen molar-refractivity contribution in [3.63, 3.8) is 0 Å². The molecule has 0 amide bonds. The number of rotatable bonds is 6. The molecule has 0 spiro atoms. The van der Waals surface area contributed by atoms with Crippen LogP contribution in [0.25, 0.3) is 0 Å². The summed E-state index contributed by atoms with van der Waals surface area (Å²) in [7, 11) is 0. The van der Waals surface area contributed by atoms with Crippen molar-refractivity contribution in [2.24, 2.45) is 5.73 Å². The van der Waals surface area contributed by atoms with Gasteiger partial charge in [0, 0.05) is 11.9 Å². The van der Waals surface area contributed by atoms with E-state index < -0.39 is 10.8 Å². The highest BCUT2D eigenvalue weighted by atomic mass is 16.6. The molecule has 0 aromatic carbocycles. The maximum Gasteiger partial charge on any atom is 0.357 e. The number of nitrogens with zero attached hydrogens (tertiary/aromatic N) is 1. The van der Waals surface area contributed by atoms with E-state index >= 15 is 0 Å². The molecule has 4 N–H and O–H groups in total. The fourth-order valence-electron chi connectivity index (χ4n) is 0.916. The smallest absolute Gasteiger partial charge is 0.357 e. The van der Waals surface area contributed by atoms with Crippen molar-refractivity contribution >= 4 is 5.84 Å². The van der Waals surface area contributed by atoms with Crippen LogP contribution in [0.4, 0.5) is 0 Å². The van der Waals surface area contributed by atoms with Gasteiger partial charge < -0.3 is 21.2 Å². The fraction of sp³-hybridized carbons (Fsp3) is 0.500. The molecular formula is C10H18N4O2. The van der Waals surface area contributed by atoms with Crippen molar-refractivity contribution in [3.8, 4) is 0 Å². The van der Waals surface area contributed by atoms with Crippen molar-refractivity contribution in [3.05, 3.63) is 34.2 Å². The van der Waals surface area contributed by atoms with Crippen molar-refractivity contribution in [2.75, 3.05) is 0 Å². The average Bonchev–Trinajstić information content (AvgIpc) is 2.25. The van der Waals surface area contributed by atoms with Gasteiger partial charge in [0.25, 0.3) is 0 Å². The Labute approximate surface area is 94.9 Å². The number of allylic oxidation sites excluding steroid dienone is 1. The van der Waals surface area contributed by atoms with E-state index in [2.05, 4.69) is 12.2 Å². The fourth-order valence-corrected chi connectivity index (χ4v) is 0.916. The van der Waals surface area contributed by atoms with E-state index in [4.69, 9.17) is 11.1 Å². The Morgan fingerprint density at radius 3 is 2.81 bits per heavy atom. The first kappa shape index (κ1) is 14.2. The van der Waals surface area contributed by atoms with E-state index in [1.807, 2.05) is 13.0 Å². The molecule has 0 saturated carbocycles. The van der Waals surface area contributed by atoms with E-state index in [9.17, 15) is 10.1 Å². The number of nitrogens with two attached hydrogens (primary N) is 1. The molecule has 16 heavy (non-hydrogen) atoms. The van der Waals surface area contributed by atoms with E-state index in [-0.39, 0.29) is 6.04 Å². The first-order valence-electron chi connectivity index (χ1n) is 5.10. The summed E-state index contributed by atoms with van der Waals surface area (Å²) < 4.78 is 0. The third-order valence-corrected chi connectivity index (χ3v) is 1.95. The maximum absolute atomic E-state index is 10.1. The van der Waals surface area contributed by atoms with Crippen LogP contribution >= 0.6 is 0 Å². The highest BCUT2D eigenvalue weighted by Crippen LogP contribution is 1.98. The summed E-state index contributed by atoms with van der Waals surface area (Å²) in [5.41, 5.74) is 6.45. The lowest BCUT2D eigenvalue weighted by atomic mass is 10.2. The summed E-state index contributed by atoms with van der Waals surface area (Å²) in [5.74, 6) is -0.657. The maximum atomic E-state index is 10.1. The number of unbranched alkanes of at least 4 members (excludes halogenated alkanes) is 1. The van der Waals surface area contributed by atoms with Crippen LogP contribution < -0.4 is 11.1 Å². The minimum absolute atomic E-state index is 0.0950. The zero-order chi connectivity index (χ0) is 12.6. The van der Waals surface area contributed by atoms with Gasteiger partial charge in [-0.15, -0.1) is 0 Å². The van der Waals surface area contributed by atoms with Crippen LogP contribution in [0.3, 0.4) is 0 Å². The molecule has 0 radical (unpaired) electrons. The van der Waals surface area contributed by atoms with Gasteiger partial charge in [0.15, 0.2) is 0 Å². The number of nitrogens with one attached hydrogen (secondary N) is 2. The molecule has 0 aromatic heterocycles. The van der Waals surface area contributed by atoms with Gasteiger partial charge in [0.1, 0.15) is 0 Å². The van der Waals surface area contributed by atoms with Crippen molar-refractivity contribution in [2.45, 2.75) is 32.7 Å². The molecule has 0 aromatic rings. The van der Waals surface area contributed by atoms with Gasteiger partial charge in [0.05, 0.1) is 12.1 Å². The topological polar surface area (TPSA) is 105 Å². The summed E-state index contributed by atoms with van der Waals surface area (Å²) >= 11 is 0. The van der Waals surface area contributed by atoms with Gasteiger partial charge in [-0.05, 0) is 18.3 Å². The van der Waals surface area contributed by atoms with Gasteiger partial charge in [-0.25, -0.2) is 0 Å². The van der Waals surface area contributed by atoms with Gasteiger partial charge in [-0.1, -0.05) is 24.8 Å². The summed E-state index contributed by atoms with van der Waals surface area (Å²) in [6.07, 6.45) is 6.30. The Hall–Kier alpha value is -1.85. The van der Waals surface area contributed by atoms with Gasteiger partial charge in [-0.3, -0.25) is 0 Å². The van der Waals surface area contributed by atoms with E-state index in [0.717, 1.165) is 18.9 Å². The first-order chi connectivity index (χ1) is 7.49. The zero-order valence-corrected chi connectivity index (χ0v) is 9.56. The molecule has 6 heteroatoms. The molecule has 0 saturated heterocycles. The first-order valence-corrected chi connectivity index (χ1v) is 5.10. The third-order valence-electron chi connectivity index (χ3n) is 1.95. The van der Waals surface area contributed by atoms with Crippen LogP contribution in [0.2, 0.25) is 0 Å². The minimum Gasteiger partial charge on any atom is -0.401 e. The van der Waals surface area contributed by atoms with Crippen molar-refractivity contribution in [1.29, 1.82) is 5.41 Å². The molecule has 0 aliphatic rings. The molecule has 0 aliphatic heterocycles. The number of nitro groups is 1. The van der Waals surface area contributed by atoms with Crippen LogP contribution in [0.15, 0.2) is 24.0 Å². The molecule has 0 bridgehead atoms. The largest absolute Gasteiger partial charge is 0.401 e. The molecular weight excluding hydrogens is 208 g/mol. The molecule has 0 aliphatic carbocycles. The Balaban J connectivity index is 4.11. The molecule has 0 heterocycles. The van der Waals surface area contributed by atoms with Crippen molar-refractivity contribution < 1.29 is 4.92 Å². The third kappa shape index (κ3) is 5.79. The summed E-state index contributed by atoms with van der Waals surface area (Å²) in [6.45, 7) is 3.90. The lowest BCUT2D eigenvalue weighted by Crippen LogP contribution is -2.27. The van der Waals surface area contributed by atoms with Crippen LogP contribution in [0, 0.1) is 15.5 Å². The van der Waals surface area contributed by atoms with Crippen LogP contribution in [0.1, 0.15) is 26.7 Å². The van der Waals surface area contributed by atoms with Crippen LogP contribution in [0.5, 0.6) is 0 Å². The van der Waals surface area contributed by atoms with Gasteiger partial charge in [-0.2, -0.15) is 0 Å². The number of amidine groups is 1. The second-order valence-corrected chi connectivity index (χ2v) is 3.36. The SMILES string of the molecule is CCC/C=C(/N)C(C)N/C=C\C(=N)[N+](=O)[O-]. The lowest BCUT2D eigenvalue weighted by molar-refractivity contribution is -0.349. The quantitative estimate of drug-likeness (QED) is 0.275. The monoisotopic (exact) mass is 226 g/mol. The number of hydrogen-bond acceptors (Lipinski definition) is 5. The molecule has 6 nitrogen and oxygen atoms in total. The highest BCUT2D eigenvalue weighted by molar-refractivity contribution is 5.82. The normalized spacial score (nSPS) is 13.8. The van der Waals surface area contributed by atoms with E-state index in [1.54, 1.807) is 0 Å². The molecule has 1 atom stereocenters. The Bertz CT molecular complexity index is 310. The summed E-state index contributed by atoms with van der Waals surface area (Å²) in [5, 5.41) is 19.9. The van der Waals surface area contributed by atoms with Crippen LogP contribution in [-0.4, -0.2) is 16.8 Å². The molecule has 0 fully saturated rings. The molecule has 0 rings (SSSR count). The average molecular weight is 226 g/mol. The Morgan fingerprint density at radius 1 is 1.69 bits per heavy atom. The van der Waals surface area contributed by atoms with Crippen LogP contribution in [-0.2, 0) is 0 Å². The summed E-state index contributed by atoms with van der Waals surface area (Å²) in [4.78, 5) is 9.35. The number of hydrogen-bond donors (Lipinski definition) is 3. The van der Waals surface area contributed by atoms with Gasteiger partial charge >= 0.3 is 5.84 Å². The standard InChI is InChI=1S/C10H18N4O2/c1-3-4-5-9(11)8(2)13-7-6-10(12)14(15)16/h5-8,12-13H,3-4,11H2,1-2H3/b7-6-,9-5+,12-10?. The predicted octanol–water partition coefficient (Wildman–Crippen LogP) is 1.37. The molecule has 90 valence electrons. The van der Waals surface area contributed by atoms with Crippen molar-refractivity contribution in [1.82, 2.24) is 5.32 Å². The van der Waals surface area contributed by atoms with Gasteiger partial charge in [0.2, 0.25) is 0 Å². The minimum atomic E-state index is -0.765. The van der Waals surface area contributed by atoms with E-state index in [1.165, 1.54) is 6.20 Å².